The van der Waals surface area contributed by atoms with Gasteiger partial charge >= 0.3 is 17.4 Å². The van der Waals surface area contributed by atoms with Crippen molar-refractivity contribution >= 4 is 29.1 Å². The highest BCUT2D eigenvalue weighted by Gasteiger charge is 2.60. The molecule has 22 heavy (non-hydrogen) atoms. The first-order valence-corrected chi connectivity index (χ1v) is 13.5. The first-order valence-electron chi connectivity index (χ1n) is 8.20. The van der Waals surface area contributed by atoms with Crippen molar-refractivity contribution in [2.45, 2.75) is 46.7 Å². The van der Waals surface area contributed by atoms with Crippen LogP contribution in [0.1, 0.15) is 41.5 Å². The number of hydrogen-bond acceptors (Lipinski definition) is 6. The zero-order valence-corrected chi connectivity index (χ0v) is 18.1. The molecular weight excluding hydrogens is 336 g/mol. The van der Waals surface area contributed by atoms with E-state index in [1.807, 2.05) is 34.6 Å². The molecule has 0 heterocycles. The van der Waals surface area contributed by atoms with Crippen molar-refractivity contribution in [2.24, 2.45) is 0 Å². The van der Waals surface area contributed by atoms with Gasteiger partial charge in [0, 0.05) is 38.4 Å². The van der Waals surface area contributed by atoms with E-state index in [-0.39, 0.29) is 5.16 Å². The molecule has 1 atom stereocenters. The molecule has 0 aromatic carbocycles. The van der Waals surface area contributed by atoms with Gasteiger partial charge in [-0.2, -0.15) is 11.8 Å². The summed E-state index contributed by atoms with van der Waals surface area (Å²) in [6.45, 7) is 15.1. The van der Waals surface area contributed by atoms with E-state index in [0.29, 0.717) is 33.0 Å². The van der Waals surface area contributed by atoms with Crippen LogP contribution >= 0.6 is 11.8 Å². The van der Waals surface area contributed by atoms with Crippen LogP contribution < -0.4 is 0 Å². The molecule has 0 aliphatic carbocycles. The van der Waals surface area contributed by atoms with Crippen LogP contribution in [-0.2, 0) is 22.1 Å². The monoisotopic (exact) mass is 370 g/mol. The third kappa shape index (κ3) is 5.90. The Labute approximate surface area is 143 Å². The molecule has 0 radical (unpaired) electrons. The van der Waals surface area contributed by atoms with Crippen LogP contribution in [-0.4, -0.2) is 62.0 Å². The summed E-state index contributed by atoms with van der Waals surface area (Å²) in [4.78, 5) is 0. The van der Waals surface area contributed by atoms with E-state index in [1.54, 1.807) is 11.8 Å². The van der Waals surface area contributed by atoms with Crippen LogP contribution in [0, 0.1) is 0 Å². The quantitative estimate of drug-likeness (QED) is 0.437. The van der Waals surface area contributed by atoms with Gasteiger partial charge in [-0.05, 0) is 40.9 Å². The van der Waals surface area contributed by atoms with Crippen molar-refractivity contribution in [3.05, 3.63) is 0 Å². The number of thioether (sulfide) groups is 1. The Balaban J connectivity index is 5.67. The summed E-state index contributed by atoms with van der Waals surface area (Å²) in [6.07, 6.45) is 2.08. The Hall–Kier alpha value is 0.584. The summed E-state index contributed by atoms with van der Waals surface area (Å²) in [6, 6.07) is 0. The first kappa shape index (κ1) is 22.6. The molecule has 0 amide bonds. The number of hydrogen-bond donors (Lipinski definition) is 0. The molecule has 0 saturated heterocycles. The molecule has 0 rings (SSSR count). The van der Waals surface area contributed by atoms with Crippen molar-refractivity contribution in [3.63, 3.8) is 0 Å². The Bertz CT molecular complexity index is 224. The third-order valence-electron chi connectivity index (χ3n) is 3.35. The third-order valence-corrected chi connectivity index (χ3v) is 14.5. The summed E-state index contributed by atoms with van der Waals surface area (Å²) in [5.41, 5.74) is 0. The Kier molecular flexibility index (Phi) is 12.3. The fraction of sp³-hybridized carbons (Fsp3) is 1.00. The molecular formula is C14H34O5SSi2. The van der Waals surface area contributed by atoms with Crippen molar-refractivity contribution < 1.29 is 22.1 Å². The molecule has 0 N–H and O–H groups in total. The lowest BCUT2D eigenvalue weighted by Gasteiger charge is -2.42. The Morgan fingerprint density at radius 1 is 0.727 bits per heavy atom. The lowest BCUT2D eigenvalue weighted by atomic mass is 10.9. The van der Waals surface area contributed by atoms with Gasteiger partial charge in [0.2, 0.25) is 0 Å². The molecule has 1 unspecified atom stereocenters. The fourth-order valence-corrected chi connectivity index (χ4v) is 13.8. The molecule has 8 heteroatoms. The van der Waals surface area contributed by atoms with Gasteiger partial charge in [-0.3, -0.25) is 0 Å². The van der Waals surface area contributed by atoms with E-state index >= 15 is 0 Å². The van der Waals surface area contributed by atoms with Crippen molar-refractivity contribution in [2.75, 3.05) is 44.7 Å². The maximum absolute atomic E-state index is 6.21. The molecule has 0 aliphatic heterocycles. The minimum Gasteiger partial charge on any atom is -0.394 e. The topological polar surface area (TPSA) is 46.2 Å². The summed E-state index contributed by atoms with van der Waals surface area (Å²) >= 11 is 1.75. The predicted octanol–water partition coefficient (Wildman–Crippen LogP) is 3.38. The summed E-state index contributed by atoms with van der Waals surface area (Å²) in [5.74, 6) is 0. The lowest BCUT2D eigenvalue weighted by molar-refractivity contribution is 0.0614. The fourth-order valence-electron chi connectivity index (χ4n) is 2.56. The van der Waals surface area contributed by atoms with Crippen LogP contribution in [0.5, 0.6) is 0 Å². The van der Waals surface area contributed by atoms with Gasteiger partial charge in [-0.25, -0.2) is 0 Å². The van der Waals surface area contributed by atoms with Gasteiger partial charge < -0.3 is 22.1 Å². The van der Waals surface area contributed by atoms with Gasteiger partial charge in [-0.15, -0.1) is 0 Å². The van der Waals surface area contributed by atoms with Gasteiger partial charge in [0.25, 0.3) is 0 Å². The van der Waals surface area contributed by atoms with Gasteiger partial charge in [0.1, 0.15) is 0 Å². The molecule has 134 valence electrons. The molecule has 0 spiro atoms. The zero-order valence-electron chi connectivity index (χ0n) is 15.3. The highest BCUT2D eigenvalue weighted by atomic mass is 32.2. The average Bonchev–Trinajstić information content (AvgIpc) is 2.48. The first-order chi connectivity index (χ1) is 10.5. The minimum atomic E-state index is -2.85. The summed E-state index contributed by atoms with van der Waals surface area (Å²) < 4.78 is 30.6. The summed E-state index contributed by atoms with van der Waals surface area (Å²) in [7, 11) is -5.34. The number of rotatable bonds is 14. The van der Waals surface area contributed by atoms with Gasteiger partial charge in [0.05, 0.1) is 5.16 Å². The highest BCUT2D eigenvalue weighted by molar-refractivity contribution is 8.00. The van der Waals surface area contributed by atoms with E-state index in [0.717, 1.165) is 5.38 Å². The van der Waals surface area contributed by atoms with E-state index in [2.05, 4.69) is 13.2 Å². The second-order valence-electron chi connectivity index (χ2n) is 4.74. The van der Waals surface area contributed by atoms with E-state index in [1.165, 1.54) is 0 Å². The van der Waals surface area contributed by atoms with Crippen LogP contribution in [0.4, 0.5) is 0 Å². The van der Waals surface area contributed by atoms with Crippen LogP contribution in [0.3, 0.4) is 0 Å². The Morgan fingerprint density at radius 3 is 1.36 bits per heavy atom. The second kappa shape index (κ2) is 12.0. The van der Waals surface area contributed by atoms with Gasteiger partial charge in [-0.1, -0.05) is 6.92 Å². The zero-order chi connectivity index (χ0) is 17.1. The standard InChI is InChI=1S/C14H34O5SSi2/c1-8-15-21(13-20-7,16-9-2)14(6)22(17-10-3,18-11-4)19-12-5/h14H,8-13H2,1-7H3. The Morgan fingerprint density at radius 2 is 1.09 bits per heavy atom. The normalized spacial score (nSPS) is 14.3. The maximum atomic E-state index is 6.21. The van der Waals surface area contributed by atoms with Crippen LogP contribution in [0.2, 0.25) is 5.16 Å². The van der Waals surface area contributed by atoms with E-state index in [9.17, 15) is 0 Å². The molecule has 0 saturated carbocycles. The van der Waals surface area contributed by atoms with Crippen molar-refractivity contribution in [1.29, 1.82) is 0 Å². The second-order valence-corrected chi connectivity index (χ2v) is 13.1. The van der Waals surface area contributed by atoms with Crippen molar-refractivity contribution in [1.82, 2.24) is 0 Å². The van der Waals surface area contributed by atoms with Crippen molar-refractivity contribution in [3.8, 4) is 0 Å². The van der Waals surface area contributed by atoms with Gasteiger partial charge in [0.15, 0.2) is 0 Å². The molecule has 0 aliphatic rings. The molecule has 0 aromatic heterocycles. The minimum absolute atomic E-state index is 0.0206. The van der Waals surface area contributed by atoms with E-state index < -0.39 is 17.4 Å². The van der Waals surface area contributed by atoms with Crippen LogP contribution in [0.25, 0.3) is 0 Å². The average molecular weight is 371 g/mol. The SMILES string of the molecule is CCO[Si](CSC)(OCC)C(C)[Si](OCC)(OCC)OCC. The highest BCUT2D eigenvalue weighted by Crippen LogP contribution is 2.37. The van der Waals surface area contributed by atoms with E-state index in [4.69, 9.17) is 22.1 Å². The lowest BCUT2D eigenvalue weighted by Crippen LogP contribution is -2.63. The predicted molar refractivity (Wildman–Crippen MR) is 97.4 cm³/mol. The van der Waals surface area contributed by atoms with Crippen LogP contribution in [0.15, 0.2) is 0 Å². The maximum Gasteiger partial charge on any atom is 0.505 e. The molecule has 0 aromatic rings. The molecule has 0 bridgehead atoms. The molecule has 0 fully saturated rings. The smallest absolute Gasteiger partial charge is 0.394 e. The summed E-state index contributed by atoms with van der Waals surface area (Å²) in [5, 5.41) is 0.866. The largest absolute Gasteiger partial charge is 0.505 e. The molecule has 5 nitrogen and oxygen atoms in total.